The third-order valence-corrected chi connectivity index (χ3v) is 6.92. The van der Waals surface area contributed by atoms with E-state index in [1.165, 1.54) is 46.5 Å². The van der Waals surface area contributed by atoms with Crippen LogP contribution in [-0.2, 0) is 4.79 Å². The molecule has 1 saturated carbocycles. The molecule has 0 spiro atoms. The molecule has 1 fully saturated rings. The predicted molar refractivity (Wildman–Crippen MR) is 150 cm³/mol. The maximum Gasteiger partial charge on any atom is 0.261 e. The van der Waals surface area contributed by atoms with Gasteiger partial charge in [0.25, 0.3) is 5.91 Å². The largest absolute Gasteiger partial charge is 0.486 e. The number of anilines is 2. The van der Waals surface area contributed by atoms with E-state index in [0.717, 1.165) is 18.4 Å². The lowest BCUT2D eigenvalue weighted by atomic mass is 9.99. The highest BCUT2D eigenvalue weighted by atomic mass is 19.1. The summed E-state index contributed by atoms with van der Waals surface area (Å²) in [5.41, 5.74) is 8.22. The molecule has 3 aromatic rings. The summed E-state index contributed by atoms with van der Waals surface area (Å²) < 4.78 is 36.1. The summed E-state index contributed by atoms with van der Waals surface area (Å²) in [6.45, 7) is 9.02. The number of hydrogen-bond donors (Lipinski definition) is 1. The van der Waals surface area contributed by atoms with Crippen LogP contribution in [0.3, 0.4) is 0 Å². The number of carbonyl (C=O) groups excluding carboxylic acids is 2. The lowest BCUT2D eigenvalue weighted by Gasteiger charge is -2.30. The van der Waals surface area contributed by atoms with Crippen molar-refractivity contribution in [3.05, 3.63) is 77.6 Å². The summed E-state index contributed by atoms with van der Waals surface area (Å²) in [5, 5.41) is 0. The quantitative estimate of drug-likeness (QED) is 0.346. The van der Waals surface area contributed by atoms with E-state index in [1.54, 1.807) is 33.9 Å². The third kappa shape index (κ3) is 5.95. The van der Waals surface area contributed by atoms with Gasteiger partial charge in [-0.1, -0.05) is 12.6 Å². The molecule has 2 aromatic carbocycles. The second-order valence-electron chi connectivity index (χ2n) is 10.1. The maximum absolute atomic E-state index is 15.1. The fourth-order valence-electron chi connectivity index (χ4n) is 4.56. The predicted octanol–water partition coefficient (Wildman–Crippen LogP) is 5.27. The number of aromatic nitrogens is 2. The molecule has 40 heavy (non-hydrogen) atoms. The van der Waals surface area contributed by atoms with Gasteiger partial charge in [-0.25, -0.2) is 18.7 Å². The van der Waals surface area contributed by atoms with Crippen LogP contribution in [0.5, 0.6) is 5.75 Å². The number of likely N-dealkylation sites (N-methyl/N-ethyl adjacent to an activating group) is 1. The molecule has 4 rings (SSSR count). The van der Waals surface area contributed by atoms with Crippen LogP contribution in [0.25, 0.3) is 11.3 Å². The molecule has 0 radical (unpaired) electrons. The number of amides is 2. The number of nitrogens with two attached hydrogens (primary N) is 1. The second kappa shape index (κ2) is 11.8. The molecule has 8 nitrogen and oxygen atoms in total. The van der Waals surface area contributed by atoms with Crippen molar-refractivity contribution in [3.8, 4) is 17.0 Å². The summed E-state index contributed by atoms with van der Waals surface area (Å²) in [5.74, 6) is -1.60. The highest BCUT2D eigenvalue weighted by Crippen LogP contribution is 2.41. The van der Waals surface area contributed by atoms with Crippen molar-refractivity contribution in [2.75, 3.05) is 30.8 Å². The van der Waals surface area contributed by atoms with E-state index in [0.29, 0.717) is 17.0 Å². The molecule has 1 aromatic heterocycles. The SMILES string of the molecule is C=CC(=O)N(C)CCOc1c(N)ncnc1-c1cc(F)cc(N(C(=O)c2ccc(C3CC3)cc2F)C(C)C)c1C. The minimum absolute atomic E-state index is 0.0301. The Hall–Kier alpha value is -4.34. The average molecular weight is 550 g/mol. The Morgan fingerprint density at radius 1 is 1.20 bits per heavy atom. The zero-order valence-electron chi connectivity index (χ0n) is 23.1. The molecule has 210 valence electrons. The van der Waals surface area contributed by atoms with Crippen LogP contribution < -0.4 is 15.4 Å². The minimum Gasteiger partial charge on any atom is -0.486 e. The molecule has 1 aliphatic rings. The Bertz CT molecular complexity index is 1460. The number of halogens is 2. The fraction of sp³-hybridized carbons (Fsp3) is 0.333. The van der Waals surface area contributed by atoms with Gasteiger partial charge in [0.15, 0.2) is 11.6 Å². The number of rotatable bonds is 10. The Morgan fingerprint density at radius 2 is 1.93 bits per heavy atom. The second-order valence-corrected chi connectivity index (χ2v) is 10.1. The van der Waals surface area contributed by atoms with Crippen LogP contribution >= 0.6 is 0 Å². The van der Waals surface area contributed by atoms with Crippen molar-refractivity contribution in [2.24, 2.45) is 0 Å². The summed E-state index contributed by atoms with van der Waals surface area (Å²) in [6, 6.07) is 6.79. The van der Waals surface area contributed by atoms with Gasteiger partial charge in [-0.2, -0.15) is 0 Å². The lowest BCUT2D eigenvalue weighted by molar-refractivity contribution is -0.125. The van der Waals surface area contributed by atoms with Gasteiger partial charge in [0.1, 0.15) is 30.3 Å². The number of carbonyl (C=O) groups is 2. The third-order valence-electron chi connectivity index (χ3n) is 6.92. The first-order valence-electron chi connectivity index (χ1n) is 13.1. The summed E-state index contributed by atoms with van der Waals surface area (Å²) >= 11 is 0. The zero-order valence-corrected chi connectivity index (χ0v) is 23.1. The number of nitrogen functional groups attached to an aromatic ring is 1. The average Bonchev–Trinajstić information content (AvgIpc) is 3.76. The van der Waals surface area contributed by atoms with Crippen LogP contribution in [0.2, 0.25) is 0 Å². The van der Waals surface area contributed by atoms with Gasteiger partial charge in [0.2, 0.25) is 5.91 Å². The van der Waals surface area contributed by atoms with Crippen LogP contribution in [0.15, 0.2) is 49.3 Å². The zero-order chi connectivity index (χ0) is 29.1. The monoisotopic (exact) mass is 549 g/mol. The first-order valence-corrected chi connectivity index (χ1v) is 13.1. The Morgan fingerprint density at radius 3 is 2.55 bits per heavy atom. The fourth-order valence-corrected chi connectivity index (χ4v) is 4.56. The molecular weight excluding hydrogens is 516 g/mol. The smallest absolute Gasteiger partial charge is 0.261 e. The number of nitrogens with zero attached hydrogens (tertiary/aromatic N) is 4. The summed E-state index contributed by atoms with van der Waals surface area (Å²) in [7, 11) is 1.60. The molecule has 1 heterocycles. The van der Waals surface area contributed by atoms with E-state index in [4.69, 9.17) is 10.5 Å². The van der Waals surface area contributed by atoms with Crippen molar-refractivity contribution < 1.29 is 23.1 Å². The van der Waals surface area contributed by atoms with E-state index in [2.05, 4.69) is 16.5 Å². The van der Waals surface area contributed by atoms with E-state index >= 15 is 8.78 Å². The lowest BCUT2D eigenvalue weighted by Crippen LogP contribution is -2.38. The highest BCUT2D eigenvalue weighted by Gasteiger charge is 2.29. The van der Waals surface area contributed by atoms with E-state index in [1.807, 2.05) is 0 Å². The molecular formula is C30H33F2N5O3. The number of benzene rings is 2. The van der Waals surface area contributed by atoms with Gasteiger partial charge in [0.05, 0.1) is 17.8 Å². The Balaban J connectivity index is 1.72. The van der Waals surface area contributed by atoms with Crippen molar-refractivity contribution in [2.45, 2.75) is 45.6 Å². The molecule has 0 unspecified atom stereocenters. The molecule has 0 saturated heterocycles. The van der Waals surface area contributed by atoms with Crippen LogP contribution in [-0.4, -0.2) is 52.9 Å². The van der Waals surface area contributed by atoms with Gasteiger partial charge < -0.3 is 20.3 Å². The molecule has 1 aliphatic carbocycles. The van der Waals surface area contributed by atoms with Crippen molar-refractivity contribution in [1.29, 1.82) is 0 Å². The topological polar surface area (TPSA) is 102 Å². The molecule has 0 aliphatic heterocycles. The van der Waals surface area contributed by atoms with Gasteiger partial charge >= 0.3 is 0 Å². The first-order chi connectivity index (χ1) is 19.0. The van der Waals surface area contributed by atoms with Crippen molar-refractivity contribution in [1.82, 2.24) is 14.9 Å². The summed E-state index contributed by atoms with van der Waals surface area (Å²) in [4.78, 5) is 36.6. The molecule has 2 amide bonds. The standard InChI is InChI=1S/C30H33F2N5O3/c1-6-26(38)36(5)11-12-40-28-27(34-16-35-29(28)33)23-14-21(31)15-25(18(23)4)37(17(2)3)30(39)22-10-9-20(13-24(22)32)19-7-8-19/h6,9-10,13-17,19H,1,7-8,11-12H2,2-5H3,(H2,33,34,35). The van der Waals surface area contributed by atoms with E-state index in [-0.39, 0.29) is 47.6 Å². The van der Waals surface area contributed by atoms with E-state index in [9.17, 15) is 9.59 Å². The van der Waals surface area contributed by atoms with Gasteiger partial charge in [-0.05, 0) is 81.0 Å². The summed E-state index contributed by atoms with van der Waals surface area (Å²) in [6.07, 6.45) is 4.45. The van der Waals surface area contributed by atoms with Gasteiger partial charge in [0, 0.05) is 18.7 Å². The van der Waals surface area contributed by atoms with E-state index < -0.39 is 23.6 Å². The maximum atomic E-state index is 15.1. The molecule has 0 atom stereocenters. The molecule has 0 bridgehead atoms. The first kappa shape index (κ1) is 28.7. The normalized spacial score (nSPS) is 12.8. The Kier molecular flexibility index (Phi) is 8.46. The number of hydrogen-bond acceptors (Lipinski definition) is 6. The van der Waals surface area contributed by atoms with Crippen LogP contribution in [0.1, 0.15) is 54.1 Å². The van der Waals surface area contributed by atoms with Crippen LogP contribution in [0, 0.1) is 18.6 Å². The molecule has 2 N–H and O–H groups in total. The van der Waals surface area contributed by atoms with Crippen LogP contribution in [0.4, 0.5) is 20.3 Å². The molecule has 10 heteroatoms. The van der Waals surface area contributed by atoms with Crippen molar-refractivity contribution in [3.63, 3.8) is 0 Å². The van der Waals surface area contributed by atoms with Gasteiger partial charge in [-0.15, -0.1) is 0 Å². The number of ether oxygens (including phenoxy) is 1. The minimum atomic E-state index is -0.627. The van der Waals surface area contributed by atoms with Crippen molar-refractivity contribution >= 4 is 23.3 Å². The highest BCUT2D eigenvalue weighted by molar-refractivity contribution is 6.07. The van der Waals surface area contributed by atoms with Gasteiger partial charge in [-0.3, -0.25) is 9.59 Å². The Labute approximate surface area is 232 Å².